The number of carbonyl (C=O) groups excluding carboxylic acids is 2. The van der Waals surface area contributed by atoms with Gasteiger partial charge in [0.15, 0.2) is 10.3 Å². The van der Waals surface area contributed by atoms with Crippen molar-refractivity contribution in [1.29, 1.82) is 0 Å². The second kappa shape index (κ2) is 14.9. The summed E-state index contributed by atoms with van der Waals surface area (Å²) >= 11 is 2.80. The number of ether oxygens (including phenoxy) is 1. The Kier molecular flexibility index (Phi) is 10.1. The number of nitrogens with one attached hydrogen (secondary N) is 2. The molecule has 270 valence electrons. The molecular weight excluding hydrogens is 705 g/mol. The number of carbonyl (C=O) groups is 2. The highest BCUT2D eigenvalue weighted by molar-refractivity contribution is 7.22. The lowest BCUT2D eigenvalue weighted by atomic mass is 10.0. The van der Waals surface area contributed by atoms with Crippen molar-refractivity contribution in [3.63, 3.8) is 0 Å². The van der Waals surface area contributed by atoms with E-state index in [1.807, 2.05) is 97.9 Å². The average molecular weight is 745 g/mol. The van der Waals surface area contributed by atoms with Gasteiger partial charge in [0.1, 0.15) is 17.0 Å². The summed E-state index contributed by atoms with van der Waals surface area (Å²) in [6.07, 6.45) is 9.10. The summed E-state index contributed by atoms with van der Waals surface area (Å²) in [4.78, 5) is 45.4. The highest BCUT2D eigenvalue weighted by Gasteiger charge is 2.27. The van der Waals surface area contributed by atoms with Gasteiger partial charge in [0, 0.05) is 48.5 Å². The molecule has 2 N–H and O–H groups in total. The molecule has 7 aromatic rings. The number of fused-ring (bicyclic) bond motifs is 1. The van der Waals surface area contributed by atoms with Gasteiger partial charge in [0.25, 0.3) is 11.8 Å². The number of aromatic nitrogens is 6. The van der Waals surface area contributed by atoms with Crippen LogP contribution in [0.15, 0.2) is 97.0 Å². The molecule has 53 heavy (non-hydrogen) atoms. The van der Waals surface area contributed by atoms with Crippen LogP contribution in [0.2, 0.25) is 0 Å². The number of hydrogen-bond acceptors (Lipinski definition) is 9. The average Bonchev–Trinajstić information content (AvgIpc) is 3.95. The van der Waals surface area contributed by atoms with E-state index in [0.717, 1.165) is 43.9 Å². The van der Waals surface area contributed by atoms with Gasteiger partial charge in [-0.15, -0.1) is 11.3 Å². The Labute approximate surface area is 315 Å². The first-order valence-electron chi connectivity index (χ1n) is 17.3. The molecule has 0 unspecified atom stereocenters. The molecule has 0 fully saturated rings. The number of nitrogens with zero attached hydrogens (tertiary/aromatic N) is 6. The largest absolute Gasteiger partial charge is 0.367 e. The first kappa shape index (κ1) is 35.9. The number of rotatable bonds is 12. The second-order valence-electron chi connectivity index (χ2n) is 13.6. The highest BCUT2D eigenvalue weighted by atomic mass is 32.1. The fourth-order valence-corrected chi connectivity index (χ4v) is 8.23. The summed E-state index contributed by atoms with van der Waals surface area (Å²) in [5.41, 5.74) is 6.67. The Hall–Kier alpha value is -5.50. The van der Waals surface area contributed by atoms with E-state index in [0.29, 0.717) is 28.2 Å². The second-order valence-corrected chi connectivity index (χ2v) is 15.5. The summed E-state index contributed by atoms with van der Waals surface area (Å²) in [5, 5.41) is 8.93. The molecule has 13 heteroatoms. The molecule has 1 aromatic carbocycles. The van der Waals surface area contributed by atoms with Gasteiger partial charge in [-0.05, 0) is 119 Å². The van der Waals surface area contributed by atoms with E-state index in [4.69, 9.17) is 14.7 Å². The van der Waals surface area contributed by atoms with E-state index in [2.05, 4.69) is 39.7 Å². The highest BCUT2D eigenvalue weighted by Crippen LogP contribution is 2.36. The van der Waals surface area contributed by atoms with Gasteiger partial charge in [-0.3, -0.25) is 30.2 Å². The van der Waals surface area contributed by atoms with Gasteiger partial charge in [-0.2, -0.15) is 0 Å². The lowest BCUT2D eigenvalue weighted by molar-refractivity contribution is -0.0623. The van der Waals surface area contributed by atoms with Gasteiger partial charge >= 0.3 is 0 Å². The van der Waals surface area contributed by atoms with Crippen molar-refractivity contribution in [2.45, 2.75) is 65.8 Å². The minimum absolute atomic E-state index is 0.0418. The lowest BCUT2D eigenvalue weighted by Gasteiger charge is -2.25. The molecule has 2 amide bonds. The predicted molar refractivity (Wildman–Crippen MR) is 211 cm³/mol. The molecule has 6 aromatic heterocycles. The van der Waals surface area contributed by atoms with E-state index in [-0.39, 0.29) is 24.0 Å². The van der Waals surface area contributed by atoms with E-state index >= 15 is 0 Å². The first-order valence-corrected chi connectivity index (χ1v) is 19.0. The maximum Gasteiger partial charge on any atom is 0.274 e. The van der Waals surface area contributed by atoms with Crippen molar-refractivity contribution in [3.8, 4) is 11.3 Å². The standard InChI is InChI=1S/C40H40N8O3S2/c1-24(2)51-40(5,6)34-23-52-38(43-34)45-37(50)32-10-8-18-48(32)26(4)28-13-16-42-30(21-28)29-19-25(3)20-33-35(29)44-39(53-33)46-36(49)31-9-7-17-47(31)22-27-11-14-41-15-12-27/h7-21,23-24,26H,22H2,1-6H3,(H,43,45,50)(H,44,46,49)/t26-/m0/s1. The molecule has 0 saturated carbocycles. The van der Waals surface area contributed by atoms with Crippen LogP contribution < -0.4 is 10.6 Å². The third kappa shape index (κ3) is 7.82. The molecule has 7 rings (SSSR count). The van der Waals surface area contributed by atoms with E-state index in [1.165, 1.54) is 22.7 Å². The molecule has 0 radical (unpaired) electrons. The lowest BCUT2D eigenvalue weighted by Crippen LogP contribution is -2.26. The van der Waals surface area contributed by atoms with Crippen molar-refractivity contribution in [2.75, 3.05) is 10.6 Å². The fourth-order valence-electron chi connectivity index (χ4n) is 6.38. The molecule has 0 spiro atoms. The third-order valence-electron chi connectivity index (χ3n) is 8.87. The van der Waals surface area contributed by atoms with Gasteiger partial charge in [-0.1, -0.05) is 11.3 Å². The summed E-state index contributed by atoms with van der Waals surface area (Å²) in [6, 6.07) is 19.1. The summed E-state index contributed by atoms with van der Waals surface area (Å²) in [6.45, 7) is 12.6. The maximum absolute atomic E-state index is 13.5. The minimum atomic E-state index is -0.577. The number of hydrogen-bond donors (Lipinski definition) is 2. The summed E-state index contributed by atoms with van der Waals surface area (Å²) in [5.74, 6) is -0.483. The Morgan fingerprint density at radius 2 is 1.62 bits per heavy atom. The number of thiazole rings is 2. The Balaban J connectivity index is 1.10. The van der Waals surface area contributed by atoms with Crippen LogP contribution in [-0.2, 0) is 16.9 Å². The third-order valence-corrected chi connectivity index (χ3v) is 10.5. The molecule has 0 aliphatic rings. The molecule has 0 bridgehead atoms. The molecule has 1 atom stereocenters. The van der Waals surface area contributed by atoms with Gasteiger partial charge in [-0.25, -0.2) is 9.97 Å². The van der Waals surface area contributed by atoms with E-state index < -0.39 is 5.60 Å². The van der Waals surface area contributed by atoms with Gasteiger partial charge in [0.2, 0.25) is 0 Å². The Bertz CT molecular complexity index is 2410. The van der Waals surface area contributed by atoms with Crippen LogP contribution in [0.4, 0.5) is 10.3 Å². The molecule has 0 saturated heterocycles. The fraction of sp³-hybridized carbons (Fsp3) is 0.250. The predicted octanol–water partition coefficient (Wildman–Crippen LogP) is 8.94. The zero-order valence-electron chi connectivity index (χ0n) is 30.3. The van der Waals surface area contributed by atoms with Crippen LogP contribution >= 0.6 is 22.7 Å². The zero-order chi connectivity index (χ0) is 37.3. The van der Waals surface area contributed by atoms with Crippen LogP contribution in [0.3, 0.4) is 0 Å². The SMILES string of the molecule is Cc1cc(-c2cc([C@H](C)n3cccc3C(=O)Nc3nc(C(C)(C)OC(C)C)cs3)ccn2)c2nc(NC(=O)c3cccn3Cc3ccncc3)sc2c1. The number of aryl methyl sites for hydroxylation is 1. The Morgan fingerprint density at radius 3 is 2.42 bits per heavy atom. The Morgan fingerprint density at radius 1 is 0.887 bits per heavy atom. The van der Waals surface area contributed by atoms with Crippen LogP contribution in [-0.4, -0.2) is 47.0 Å². The van der Waals surface area contributed by atoms with Crippen molar-refractivity contribution in [1.82, 2.24) is 29.1 Å². The molecule has 0 aliphatic carbocycles. The van der Waals surface area contributed by atoms with E-state index in [9.17, 15) is 9.59 Å². The number of pyridine rings is 2. The first-order chi connectivity index (χ1) is 25.4. The quantitative estimate of drug-likeness (QED) is 0.128. The number of anilines is 2. The van der Waals surface area contributed by atoms with Crippen molar-refractivity contribution in [3.05, 3.63) is 131 Å². The topological polar surface area (TPSA) is 129 Å². The number of amides is 2. The molecule has 0 aliphatic heterocycles. The normalized spacial score (nSPS) is 12.4. The smallest absolute Gasteiger partial charge is 0.274 e. The van der Waals surface area contributed by atoms with Crippen molar-refractivity contribution < 1.29 is 14.3 Å². The van der Waals surface area contributed by atoms with Crippen molar-refractivity contribution in [2.24, 2.45) is 0 Å². The molecule has 6 heterocycles. The zero-order valence-corrected chi connectivity index (χ0v) is 32.0. The summed E-state index contributed by atoms with van der Waals surface area (Å²) < 4.78 is 10.8. The summed E-state index contributed by atoms with van der Waals surface area (Å²) in [7, 11) is 0. The minimum Gasteiger partial charge on any atom is -0.367 e. The molecular formula is C40H40N8O3S2. The van der Waals surface area contributed by atoms with Crippen LogP contribution in [0.1, 0.15) is 84.0 Å². The molecule has 11 nitrogen and oxygen atoms in total. The van der Waals surface area contributed by atoms with Gasteiger partial charge < -0.3 is 13.9 Å². The van der Waals surface area contributed by atoms with Crippen LogP contribution in [0.5, 0.6) is 0 Å². The van der Waals surface area contributed by atoms with E-state index in [1.54, 1.807) is 30.7 Å². The number of benzene rings is 1. The van der Waals surface area contributed by atoms with Crippen LogP contribution in [0.25, 0.3) is 21.5 Å². The van der Waals surface area contributed by atoms with Crippen LogP contribution in [0, 0.1) is 6.92 Å². The van der Waals surface area contributed by atoms with Crippen molar-refractivity contribution >= 4 is 55.0 Å². The monoisotopic (exact) mass is 744 g/mol. The maximum atomic E-state index is 13.5. The van der Waals surface area contributed by atoms with Gasteiger partial charge in [0.05, 0.1) is 33.8 Å².